The molecular formula is C10H19NO3. The molecule has 0 amide bonds. The molecule has 0 saturated carbocycles. The van der Waals surface area contributed by atoms with Gasteiger partial charge in [0.2, 0.25) is 0 Å². The van der Waals surface area contributed by atoms with E-state index in [9.17, 15) is 4.79 Å². The largest absolute Gasteiger partial charge is 0.459 e. The van der Waals surface area contributed by atoms with Crippen LogP contribution in [0.4, 0.5) is 0 Å². The SMILES string of the molecule is CC(C)(C)OC(=O)C1CCC(CO)N1. The van der Waals surface area contributed by atoms with Gasteiger partial charge in [0, 0.05) is 6.04 Å². The molecule has 4 heteroatoms. The van der Waals surface area contributed by atoms with Crippen molar-refractivity contribution < 1.29 is 14.6 Å². The van der Waals surface area contributed by atoms with Crippen LogP contribution in [0.3, 0.4) is 0 Å². The van der Waals surface area contributed by atoms with Gasteiger partial charge in [-0.05, 0) is 33.6 Å². The lowest BCUT2D eigenvalue weighted by Gasteiger charge is -2.22. The van der Waals surface area contributed by atoms with Gasteiger partial charge in [0.05, 0.1) is 6.61 Å². The minimum atomic E-state index is -0.434. The summed E-state index contributed by atoms with van der Waals surface area (Å²) in [6.07, 6.45) is 1.58. The third-order valence-electron chi connectivity index (χ3n) is 2.15. The zero-order valence-corrected chi connectivity index (χ0v) is 9.04. The van der Waals surface area contributed by atoms with Gasteiger partial charge < -0.3 is 9.84 Å². The average molecular weight is 201 g/mol. The van der Waals surface area contributed by atoms with E-state index in [1.54, 1.807) is 0 Å². The Labute approximate surface area is 84.6 Å². The van der Waals surface area contributed by atoms with Gasteiger partial charge in [0.1, 0.15) is 11.6 Å². The van der Waals surface area contributed by atoms with Gasteiger partial charge in [-0.3, -0.25) is 10.1 Å². The van der Waals surface area contributed by atoms with Crippen LogP contribution in [0, 0.1) is 0 Å². The molecule has 0 aromatic carbocycles. The number of hydrogen-bond donors (Lipinski definition) is 2. The van der Waals surface area contributed by atoms with E-state index in [1.165, 1.54) is 0 Å². The molecule has 0 aromatic rings. The first-order valence-electron chi connectivity index (χ1n) is 5.02. The summed E-state index contributed by atoms with van der Waals surface area (Å²) < 4.78 is 5.23. The Kier molecular flexibility index (Phi) is 3.50. The normalized spacial score (nSPS) is 27.7. The highest BCUT2D eigenvalue weighted by Gasteiger charge is 2.31. The average Bonchev–Trinajstić information content (AvgIpc) is 2.48. The van der Waals surface area contributed by atoms with Crippen molar-refractivity contribution in [3.63, 3.8) is 0 Å². The van der Waals surface area contributed by atoms with Gasteiger partial charge in [0.25, 0.3) is 0 Å². The number of carbonyl (C=O) groups excluding carboxylic acids is 1. The van der Waals surface area contributed by atoms with Crippen LogP contribution in [0.1, 0.15) is 33.6 Å². The van der Waals surface area contributed by atoms with Crippen molar-refractivity contribution in [2.45, 2.75) is 51.3 Å². The molecule has 1 saturated heterocycles. The quantitative estimate of drug-likeness (QED) is 0.636. The minimum Gasteiger partial charge on any atom is -0.459 e. The van der Waals surface area contributed by atoms with Crippen LogP contribution in [-0.2, 0) is 9.53 Å². The second-order valence-corrected chi connectivity index (χ2v) is 4.71. The van der Waals surface area contributed by atoms with Crippen LogP contribution in [0.15, 0.2) is 0 Å². The van der Waals surface area contributed by atoms with Gasteiger partial charge in [-0.1, -0.05) is 0 Å². The van der Waals surface area contributed by atoms with Gasteiger partial charge in [-0.15, -0.1) is 0 Å². The summed E-state index contributed by atoms with van der Waals surface area (Å²) in [5.41, 5.74) is -0.434. The zero-order valence-electron chi connectivity index (χ0n) is 9.04. The van der Waals surface area contributed by atoms with E-state index < -0.39 is 5.60 Å². The van der Waals surface area contributed by atoms with Crippen molar-refractivity contribution in [2.24, 2.45) is 0 Å². The highest BCUT2D eigenvalue weighted by atomic mass is 16.6. The molecule has 0 aliphatic carbocycles. The summed E-state index contributed by atoms with van der Waals surface area (Å²) in [6, 6.07) is -0.195. The smallest absolute Gasteiger partial charge is 0.323 e. The van der Waals surface area contributed by atoms with E-state index in [1.807, 2.05) is 20.8 Å². The van der Waals surface area contributed by atoms with Crippen LogP contribution in [0.2, 0.25) is 0 Å². The maximum atomic E-state index is 11.6. The number of nitrogens with one attached hydrogen (secondary N) is 1. The van der Waals surface area contributed by atoms with Crippen molar-refractivity contribution in [1.29, 1.82) is 0 Å². The number of ether oxygens (including phenoxy) is 1. The van der Waals surface area contributed by atoms with E-state index in [0.717, 1.165) is 12.8 Å². The third kappa shape index (κ3) is 3.27. The summed E-state index contributed by atoms with van der Waals surface area (Å²) >= 11 is 0. The fraction of sp³-hybridized carbons (Fsp3) is 0.900. The second kappa shape index (κ2) is 4.28. The lowest BCUT2D eigenvalue weighted by Crippen LogP contribution is -2.40. The lowest BCUT2D eigenvalue weighted by atomic mass is 10.1. The zero-order chi connectivity index (χ0) is 10.8. The predicted molar refractivity (Wildman–Crippen MR) is 52.9 cm³/mol. The Balaban J connectivity index is 2.40. The predicted octanol–water partition coefficient (Wildman–Crippen LogP) is 0.441. The van der Waals surface area contributed by atoms with Crippen molar-refractivity contribution >= 4 is 5.97 Å². The number of rotatable bonds is 2. The van der Waals surface area contributed by atoms with E-state index >= 15 is 0 Å². The first-order chi connectivity index (χ1) is 6.42. The number of esters is 1. The fourth-order valence-corrected chi connectivity index (χ4v) is 1.52. The first-order valence-corrected chi connectivity index (χ1v) is 5.02. The summed E-state index contributed by atoms with van der Waals surface area (Å²) in [4.78, 5) is 11.6. The summed E-state index contributed by atoms with van der Waals surface area (Å²) in [5, 5.41) is 11.9. The molecule has 0 radical (unpaired) electrons. The van der Waals surface area contributed by atoms with Gasteiger partial charge in [-0.2, -0.15) is 0 Å². The van der Waals surface area contributed by atoms with E-state index in [0.29, 0.717) is 0 Å². The molecule has 1 rings (SSSR count). The fourth-order valence-electron chi connectivity index (χ4n) is 1.52. The molecule has 1 aliphatic rings. The summed E-state index contributed by atoms with van der Waals surface area (Å²) in [7, 11) is 0. The highest BCUT2D eigenvalue weighted by molar-refractivity contribution is 5.76. The van der Waals surface area contributed by atoms with Crippen molar-refractivity contribution in [2.75, 3.05) is 6.61 Å². The molecule has 0 aromatic heterocycles. The van der Waals surface area contributed by atoms with Crippen LogP contribution in [0.25, 0.3) is 0 Å². The molecule has 2 atom stereocenters. The van der Waals surface area contributed by atoms with E-state index in [-0.39, 0.29) is 24.7 Å². The van der Waals surface area contributed by atoms with Crippen molar-refractivity contribution in [3.8, 4) is 0 Å². The Morgan fingerprint density at radius 3 is 2.57 bits per heavy atom. The molecule has 1 heterocycles. The van der Waals surface area contributed by atoms with Crippen LogP contribution < -0.4 is 5.32 Å². The van der Waals surface area contributed by atoms with E-state index in [2.05, 4.69) is 5.32 Å². The highest BCUT2D eigenvalue weighted by Crippen LogP contribution is 2.16. The Bertz CT molecular complexity index is 210. The van der Waals surface area contributed by atoms with Crippen molar-refractivity contribution in [3.05, 3.63) is 0 Å². The van der Waals surface area contributed by atoms with Crippen LogP contribution in [-0.4, -0.2) is 35.4 Å². The summed E-state index contributed by atoms with van der Waals surface area (Å²) in [5.74, 6) is -0.214. The van der Waals surface area contributed by atoms with Gasteiger partial charge >= 0.3 is 5.97 Å². The molecule has 82 valence electrons. The topological polar surface area (TPSA) is 58.6 Å². The summed E-state index contributed by atoms with van der Waals surface area (Å²) in [6.45, 7) is 5.63. The molecule has 14 heavy (non-hydrogen) atoms. The molecule has 1 fully saturated rings. The molecule has 4 nitrogen and oxygen atoms in total. The Hall–Kier alpha value is -0.610. The van der Waals surface area contributed by atoms with Gasteiger partial charge in [0.15, 0.2) is 0 Å². The number of carbonyl (C=O) groups is 1. The molecular weight excluding hydrogens is 182 g/mol. The second-order valence-electron chi connectivity index (χ2n) is 4.71. The number of aliphatic hydroxyl groups is 1. The van der Waals surface area contributed by atoms with E-state index in [4.69, 9.17) is 9.84 Å². The minimum absolute atomic E-state index is 0.0486. The molecule has 1 aliphatic heterocycles. The first kappa shape index (κ1) is 11.5. The standard InChI is InChI=1S/C10H19NO3/c1-10(2,3)14-9(13)8-5-4-7(6-12)11-8/h7-8,11-12H,4-6H2,1-3H3. The maximum Gasteiger partial charge on any atom is 0.323 e. The maximum absolute atomic E-state index is 11.6. The van der Waals surface area contributed by atoms with Gasteiger partial charge in [-0.25, -0.2) is 0 Å². The monoisotopic (exact) mass is 201 g/mol. The Morgan fingerprint density at radius 2 is 2.14 bits per heavy atom. The third-order valence-corrected chi connectivity index (χ3v) is 2.15. The van der Waals surface area contributed by atoms with Crippen LogP contribution >= 0.6 is 0 Å². The van der Waals surface area contributed by atoms with Crippen molar-refractivity contribution in [1.82, 2.24) is 5.32 Å². The molecule has 2 N–H and O–H groups in total. The molecule has 2 unspecified atom stereocenters. The molecule has 0 bridgehead atoms. The van der Waals surface area contributed by atoms with Crippen LogP contribution in [0.5, 0.6) is 0 Å². The lowest BCUT2D eigenvalue weighted by molar-refractivity contribution is -0.157. The number of aliphatic hydroxyl groups excluding tert-OH is 1. The Morgan fingerprint density at radius 1 is 1.50 bits per heavy atom. The number of hydrogen-bond acceptors (Lipinski definition) is 4. The molecule has 0 spiro atoms.